The average molecular weight is 272 g/mol. The van der Waals surface area contributed by atoms with Crippen molar-refractivity contribution in [2.24, 2.45) is 0 Å². The van der Waals surface area contributed by atoms with Crippen LogP contribution in [0.3, 0.4) is 0 Å². The van der Waals surface area contributed by atoms with Crippen molar-refractivity contribution in [2.45, 2.75) is 32.0 Å². The Bertz CT molecular complexity index is 510. The zero-order valence-corrected chi connectivity index (χ0v) is 12.2. The van der Waals surface area contributed by atoms with E-state index in [2.05, 4.69) is 18.4 Å². The SMILES string of the molecule is C=CC[C@H](C)OC(=O)[C@](C#CC)(OC)c1ccccc1. The van der Waals surface area contributed by atoms with Crippen LogP contribution in [0.15, 0.2) is 43.0 Å². The van der Waals surface area contributed by atoms with E-state index >= 15 is 0 Å². The Morgan fingerprint density at radius 3 is 2.60 bits per heavy atom. The van der Waals surface area contributed by atoms with Crippen molar-refractivity contribution in [3.05, 3.63) is 48.6 Å². The second kappa shape index (κ2) is 7.52. The fraction of sp³-hybridized carbons (Fsp3) is 0.353. The molecule has 3 heteroatoms. The van der Waals surface area contributed by atoms with Crippen molar-refractivity contribution in [3.8, 4) is 11.8 Å². The van der Waals surface area contributed by atoms with Crippen molar-refractivity contribution in [2.75, 3.05) is 7.11 Å². The molecule has 20 heavy (non-hydrogen) atoms. The first-order valence-corrected chi connectivity index (χ1v) is 6.47. The third kappa shape index (κ3) is 3.49. The van der Waals surface area contributed by atoms with Crippen LogP contribution >= 0.6 is 0 Å². The van der Waals surface area contributed by atoms with E-state index in [9.17, 15) is 4.79 Å². The summed E-state index contributed by atoms with van der Waals surface area (Å²) >= 11 is 0. The van der Waals surface area contributed by atoms with Gasteiger partial charge in [-0.15, -0.1) is 12.5 Å². The van der Waals surface area contributed by atoms with E-state index in [1.165, 1.54) is 7.11 Å². The predicted octanol–water partition coefficient (Wildman–Crippen LogP) is 3.06. The monoisotopic (exact) mass is 272 g/mol. The van der Waals surface area contributed by atoms with Crippen LogP contribution in [0.5, 0.6) is 0 Å². The molecule has 0 amide bonds. The van der Waals surface area contributed by atoms with Crippen molar-refractivity contribution in [1.82, 2.24) is 0 Å². The van der Waals surface area contributed by atoms with Crippen LogP contribution in [0, 0.1) is 11.8 Å². The first kappa shape index (κ1) is 16.0. The summed E-state index contributed by atoms with van der Waals surface area (Å²) in [5, 5.41) is 0. The third-order valence-electron chi connectivity index (χ3n) is 2.88. The van der Waals surface area contributed by atoms with Crippen molar-refractivity contribution in [1.29, 1.82) is 0 Å². The lowest BCUT2D eigenvalue weighted by Gasteiger charge is -2.27. The van der Waals surface area contributed by atoms with Gasteiger partial charge in [0.25, 0.3) is 5.60 Å². The summed E-state index contributed by atoms with van der Waals surface area (Å²) in [6.45, 7) is 7.11. The lowest BCUT2D eigenvalue weighted by molar-refractivity contribution is -0.168. The Kier molecular flexibility index (Phi) is 6.02. The molecule has 1 rings (SSSR count). The number of esters is 1. The van der Waals surface area contributed by atoms with Crippen LogP contribution in [0.25, 0.3) is 0 Å². The molecule has 0 aliphatic rings. The van der Waals surface area contributed by atoms with Crippen LogP contribution < -0.4 is 0 Å². The summed E-state index contributed by atoms with van der Waals surface area (Å²) in [6.07, 6.45) is 2.03. The molecule has 0 N–H and O–H groups in total. The number of hydrogen-bond donors (Lipinski definition) is 0. The summed E-state index contributed by atoms with van der Waals surface area (Å²) < 4.78 is 10.8. The standard InChI is InChI=1S/C17H20O3/c1-5-10-14(3)20-16(18)17(19-4,13-6-2)15-11-8-7-9-12-15/h5,7-9,11-12,14H,1,10H2,2-4H3/t14-,17+/m0/s1. The quantitative estimate of drug-likeness (QED) is 0.453. The average Bonchev–Trinajstić information content (AvgIpc) is 2.45. The second-order valence-electron chi connectivity index (χ2n) is 4.37. The van der Waals surface area contributed by atoms with Gasteiger partial charge in [-0.05, 0) is 13.8 Å². The highest BCUT2D eigenvalue weighted by atomic mass is 16.6. The second-order valence-corrected chi connectivity index (χ2v) is 4.37. The third-order valence-corrected chi connectivity index (χ3v) is 2.88. The Hall–Kier alpha value is -2.05. The maximum Gasteiger partial charge on any atom is 0.356 e. The van der Waals surface area contributed by atoms with Gasteiger partial charge in [-0.2, -0.15) is 0 Å². The minimum Gasteiger partial charge on any atom is -0.459 e. The molecule has 1 aromatic carbocycles. The molecule has 0 spiro atoms. The molecule has 0 aromatic heterocycles. The van der Waals surface area contributed by atoms with E-state index in [1.807, 2.05) is 25.1 Å². The molecule has 0 fully saturated rings. The molecule has 0 aliphatic carbocycles. The van der Waals surface area contributed by atoms with Gasteiger partial charge in [0.2, 0.25) is 0 Å². The molecule has 0 heterocycles. The number of carbonyl (C=O) groups is 1. The normalized spacial score (nSPS) is 14.3. The van der Waals surface area contributed by atoms with Crippen LogP contribution in [0.4, 0.5) is 0 Å². The van der Waals surface area contributed by atoms with Crippen molar-refractivity contribution in [3.63, 3.8) is 0 Å². The molecule has 2 atom stereocenters. The lowest BCUT2D eigenvalue weighted by Crippen LogP contribution is -2.39. The fourth-order valence-corrected chi connectivity index (χ4v) is 1.89. The van der Waals surface area contributed by atoms with Gasteiger partial charge in [-0.25, -0.2) is 4.79 Å². The van der Waals surface area contributed by atoms with Crippen LogP contribution in [0.2, 0.25) is 0 Å². The molecule has 0 saturated heterocycles. The van der Waals surface area contributed by atoms with E-state index in [1.54, 1.807) is 25.1 Å². The number of hydrogen-bond acceptors (Lipinski definition) is 3. The molecule has 0 saturated carbocycles. The molecule has 0 radical (unpaired) electrons. The Balaban J connectivity index is 3.14. The number of methoxy groups -OCH3 is 1. The van der Waals surface area contributed by atoms with Gasteiger partial charge in [0, 0.05) is 19.1 Å². The molecular weight excluding hydrogens is 252 g/mol. The zero-order valence-electron chi connectivity index (χ0n) is 12.2. The van der Waals surface area contributed by atoms with E-state index in [-0.39, 0.29) is 6.10 Å². The zero-order chi connectivity index (χ0) is 15.0. The first-order valence-electron chi connectivity index (χ1n) is 6.47. The maximum absolute atomic E-state index is 12.5. The van der Waals surface area contributed by atoms with E-state index < -0.39 is 11.6 Å². The van der Waals surface area contributed by atoms with Crippen LogP contribution in [0.1, 0.15) is 25.8 Å². The number of ether oxygens (including phenoxy) is 2. The van der Waals surface area contributed by atoms with Crippen LogP contribution in [-0.4, -0.2) is 19.2 Å². The Labute approximate surface area is 120 Å². The smallest absolute Gasteiger partial charge is 0.356 e. The summed E-state index contributed by atoms with van der Waals surface area (Å²) in [5.41, 5.74) is -0.724. The van der Waals surface area contributed by atoms with Gasteiger partial charge >= 0.3 is 5.97 Å². The van der Waals surface area contributed by atoms with Crippen LogP contribution in [-0.2, 0) is 19.9 Å². The Morgan fingerprint density at radius 1 is 1.45 bits per heavy atom. The van der Waals surface area contributed by atoms with Gasteiger partial charge in [0.15, 0.2) is 0 Å². The maximum atomic E-state index is 12.5. The van der Waals surface area contributed by atoms with E-state index in [0.29, 0.717) is 12.0 Å². The van der Waals surface area contributed by atoms with Crippen molar-refractivity contribution >= 4 is 5.97 Å². The Morgan fingerprint density at radius 2 is 2.10 bits per heavy atom. The minimum absolute atomic E-state index is 0.267. The van der Waals surface area contributed by atoms with E-state index in [4.69, 9.17) is 9.47 Å². The first-order chi connectivity index (χ1) is 9.60. The summed E-state index contributed by atoms with van der Waals surface area (Å²) in [7, 11) is 1.46. The summed E-state index contributed by atoms with van der Waals surface area (Å²) in [5.74, 6) is 5.08. The topological polar surface area (TPSA) is 35.5 Å². The molecule has 1 aromatic rings. The largest absolute Gasteiger partial charge is 0.459 e. The molecule has 0 bridgehead atoms. The molecule has 0 unspecified atom stereocenters. The number of benzene rings is 1. The van der Waals surface area contributed by atoms with Gasteiger partial charge < -0.3 is 9.47 Å². The van der Waals surface area contributed by atoms with E-state index in [0.717, 1.165) is 0 Å². The fourth-order valence-electron chi connectivity index (χ4n) is 1.89. The highest BCUT2D eigenvalue weighted by Gasteiger charge is 2.41. The number of carbonyl (C=O) groups excluding carboxylic acids is 1. The van der Waals surface area contributed by atoms with Gasteiger partial charge in [0.05, 0.1) is 0 Å². The highest BCUT2D eigenvalue weighted by molar-refractivity contribution is 5.85. The molecule has 3 nitrogen and oxygen atoms in total. The number of rotatable bonds is 6. The lowest BCUT2D eigenvalue weighted by atomic mass is 9.94. The predicted molar refractivity (Wildman–Crippen MR) is 78.9 cm³/mol. The van der Waals surface area contributed by atoms with Crippen molar-refractivity contribution < 1.29 is 14.3 Å². The minimum atomic E-state index is -1.38. The van der Waals surface area contributed by atoms with Gasteiger partial charge in [-0.1, -0.05) is 42.3 Å². The van der Waals surface area contributed by atoms with Gasteiger partial charge in [0.1, 0.15) is 6.10 Å². The molecular formula is C17H20O3. The van der Waals surface area contributed by atoms with Gasteiger partial charge in [-0.3, -0.25) is 0 Å². The molecule has 0 aliphatic heterocycles. The highest BCUT2D eigenvalue weighted by Crippen LogP contribution is 2.27. The molecule has 106 valence electrons. The summed E-state index contributed by atoms with van der Waals surface area (Å²) in [4.78, 5) is 12.5. The summed E-state index contributed by atoms with van der Waals surface area (Å²) in [6, 6.07) is 9.14.